The van der Waals surface area contributed by atoms with Crippen molar-refractivity contribution in [3.05, 3.63) is 83.1 Å². The van der Waals surface area contributed by atoms with Crippen LogP contribution in [0, 0.1) is 5.41 Å². The summed E-state index contributed by atoms with van der Waals surface area (Å²) in [4.78, 5) is 27.9. The van der Waals surface area contributed by atoms with Crippen LogP contribution in [0.4, 0.5) is 0 Å². The average Bonchev–Trinajstić information content (AvgIpc) is 3.53. The van der Waals surface area contributed by atoms with E-state index in [2.05, 4.69) is 24.9 Å². The first-order valence-electron chi connectivity index (χ1n) is 12.7. The molecule has 0 saturated heterocycles. The number of hydrogen-bond acceptors (Lipinski definition) is 9. The van der Waals surface area contributed by atoms with E-state index in [-0.39, 0.29) is 17.1 Å². The number of benzene rings is 2. The number of ketones is 1. The van der Waals surface area contributed by atoms with Gasteiger partial charge in [0, 0.05) is 24.3 Å². The van der Waals surface area contributed by atoms with Gasteiger partial charge in [0.25, 0.3) is 0 Å². The molecule has 4 heterocycles. The van der Waals surface area contributed by atoms with Gasteiger partial charge in [-0.25, -0.2) is 19.5 Å². The number of para-hydroxylation sites is 1. The third kappa shape index (κ3) is 4.28. The number of thioether (sulfide) groups is 1. The van der Waals surface area contributed by atoms with Crippen LogP contribution in [0.25, 0.3) is 15.9 Å². The van der Waals surface area contributed by atoms with Gasteiger partial charge in [0.15, 0.2) is 21.6 Å². The maximum Gasteiger partial charge on any atom is 0.228 e. The van der Waals surface area contributed by atoms with Gasteiger partial charge in [0.1, 0.15) is 17.8 Å². The van der Waals surface area contributed by atoms with Gasteiger partial charge in [-0.05, 0) is 35.2 Å². The first kappa shape index (κ1) is 24.3. The lowest BCUT2D eigenvalue weighted by Gasteiger charge is -2.37. The number of rotatable bonds is 5. The lowest BCUT2D eigenvalue weighted by molar-refractivity contribution is -0.118. The minimum absolute atomic E-state index is 0.0980. The Kier molecular flexibility index (Phi) is 5.71. The van der Waals surface area contributed by atoms with E-state index < -0.39 is 0 Å². The minimum atomic E-state index is -0.358. The Labute approximate surface area is 233 Å². The van der Waals surface area contributed by atoms with E-state index in [0.717, 1.165) is 31.4 Å². The zero-order valence-corrected chi connectivity index (χ0v) is 23.3. The fourth-order valence-electron chi connectivity index (χ4n) is 5.42. The summed E-state index contributed by atoms with van der Waals surface area (Å²) in [6, 6.07) is 15.9. The molecule has 196 valence electrons. The van der Waals surface area contributed by atoms with Gasteiger partial charge in [-0.2, -0.15) is 0 Å². The van der Waals surface area contributed by atoms with Crippen LogP contribution in [-0.2, 0) is 10.5 Å². The van der Waals surface area contributed by atoms with Crippen molar-refractivity contribution < 1.29 is 14.3 Å². The van der Waals surface area contributed by atoms with Gasteiger partial charge in [-0.1, -0.05) is 49.9 Å². The quantitative estimate of drug-likeness (QED) is 0.237. The van der Waals surface area contributed by atoms with Crippen molar-refractivity contribution in [1.82, 2.24) is 24.6 Å². The molecule has 1 aliphatic heterocycles. The number of thiazole rings is 1. The van der Waals surface area contributed by atoms with E-state index >= 15 is 0 Å². The van der Waals surface area contributed by atoms with Crippen LogP contribution >= 0.6 is 23.1 Å². The molecule has 1 unspecified atom stereocenters. The molecule has 0 fully saturated rings. The molecular formula is C29H25N5O3S2. The summed E-state index contributed by atoms with van der Waals surface area (Å²) in [5, 5.41) is 4.71. The molecule has 1 aliphatic carbocycles. The molecule has 8 nitrogen and oxygen atoms in total. The van der Waals surface area contributed by atoms with Crippen molar-refractivity contribution in [3.8, 4) is 11.6 Å². The Morgan fingerprint density at radius 3 is 2.74 bits per heavy atom. The largest absolute Gasteiger partial charge is 0.497 e. The molecule has 0 saturated carbocycles. The summed E-state index contributed by atoms with van der Waals surface area (Å²) in [7, 11) is 1.64. The van der Waals surface area contributed by atoms with Gasteiger partial charge in [-0.15, -0.1) is 16.4 Å². The molecule has 0 N–H and O–H groups in total. The minimum Gasteiger partial charge on any atom is -0.497 e. The number of nitrogens with zero attached hydrogens (tertiary/aromatic N) is 5. The van der Waals surface area contributed by atoms with Crippen LogP contribution in [0.3, 0.4) is 0 Å². The van der Waals surface area contributed by atoms with Crippen LogP contribution in [0.15, 0.2) is 70.5 Å². The molecule has 7 rings (SSSR count). The fraction of sp³-hybridized carbons (Fsp3) is 0.276. The molecule has 0 spiro atoms. The summed E-state index contributed by atoms with van der Waals surface area (Å²) in [6.07, 6.45) is 2.77. The lowest BCUT2D eigenvalue weighted by atomic mass is 9.70. The Bertz CT molecular complexity index is 1760. The van der Waals surface area contributed by atoms with E-state index in [0.29, 0.717) is 47.3 Å². The highest BCUT2D eigenvalue weighted by Crippen LogP contribution is 2.50. The summed E-state index contributed by atoms with van der Waals surface area (Å²) >= 11 is 3.27. The summed E-state index contributed by atoms with van der Waals surface area (Å²) in [5.74, 6) is 2.90. The second kappa shape index (κ2) is 9.17. The predicted molar refractivity (Wildman–Crippen MR) is 150 cm³/mol. The van der Waals surface area contributed by atoms with Gasteiger partial charge in [0.2, 0.25) is 5.88 Å². The molecule has 1 atom stereocenters. The molecule has 0 bridgehead atoms. The van der Waals surface area contributed by atoms with E-state index in [1.54, 1.807) is 41.1 Å². The van der Waals surface area contributed by atoms with Gasteiger partial charge < -0.3 is 9.47 Å². The number of hydrogen-bond donors (Lipinski definition) is 0. The van der Waals surface area contributed by atoms with Gasteiger partial charge in [0.05, 0.1) is 28.6 Å². The summed E-state index contributed by atoms with van der Waals surface area (Å²) in [6.45, 7) is 4.20. The Hall–Kier alpha value is -3.76. The summed E-state index contributed by atoms with van der Waals surface area (Å²) < 4.78 is 15.6. The molecule has 5 aromatic rings. The van der Waals surface area contributed by atoms with Crippen LogP contribution in [0.1, 0.15) is 49.6 Å². The number of ether oxygens (including phenoxy) is 2. The number of allylic oxidation sites excluding steroid dienone is 2. The second-order valence-electron chi connectivity index (χ2n) is 10.6. The van der Waals surface area contributed by atoms with Crippen molar-refractivity contribution in [2.24, 2.45) is 5.41 Å². The molecule has 0 radical (unpaired) electrons. The van der Waals surface area contributed by atoms with Crippen LogP contribution in [0.5, 0.6) is 11.6 Å². The number of methoxy groups -OCH3 is 1. The van der Waals surface area contributed by atoms with E-state index in [9.17, 15) is 4.79 Å². The Morgan fingerprint density at radius 2 is 1.95 bits per heavy atom. The molecule has 39 heavy (non-hydrogen) atoms. The number of carbonyl (C=O) groups excluding carboxylic acids is 1. The maximum absolute atomic E-state index is 13.6. The van der Waals surface area contributed by atoms with Crippen molar-refractivity contribution in [2.75, 3.05) is 7.11 Å². The van der Waals surface area contributed by atoms with Crippen molar-refractivity contribution in [2.45, 2.75) is 42.7 Å². The highest BCUT2D eigenvalue weighted by molar-refractivity contribution is 8.00. The molecule has 10 heteroatoms. The molecule has 2 aromatic carbocycles. The Balaban J connectivity index is 1.31. The van der Waals surface area contributed by atoms with E-state index in [1.165, 1.54) is 0 Å². The number of Topliss-reactive ketones (excluding diaryl/α,β-unsaturated/α-hetero) is 1. The molecule has 0 amide bonds. The standard InChI is InChI=1S/C29H25N5O3S2/c1-29(2)12-19(35)24-20(13-29)37-27-25(23(24)16-8-10-17(36-3)11-9-16)26-32-22(33-34(26)15-30-27)14-38-28-31-18-6-4-5-7-21(18)39-28/h4-11,15,23H,12-14H2,1-3H3. The average molecular weight is 556 g/mol. The third-order valence-corrected chi connectivity index (χ3v) is 9.33. The Morgan fingerprint density at radius 1 is 1.13 bits per heavy atom. The van der Waals surface area contributed by atoms with E-state index in [4.69, 9.17) is 24.5 Å². The molecular weight excluding hydrogens is 530 g/mol. The van der Waals surface area contributed by atoms with Gasteiger partial charge in [-0.3, -0.25) is 4.79 Å². The van der Waals surface area contributed by atoms with Crippen LogP contribution in [0.2, 0.25) is 0 Å². The molecule has 2 aliphatic rings. The highest BCUT2D eigenvalue weighted by Gasteiger charge is 2.44. The normalized spacial score (nSPS) is 18.2. The zero-order chi connectivity index (χ0) is 26.7. The smallest absolute Gasteiger partial charge is 0.228 e. The van der Waals surface area contributed by atoms with Crippen molar-refractivity contribution >= 4 is 44.7 Å². The SMILES string of the molecule is COc1ccc(C2C3=C(CC(C)(C)CC3=O)Oc3ncn4nc(CSc5nc6ccccc6s5)nc4c32)cc1. The second-order valence-corrected chi connectivity index (χ2v) is 12.8. The number of carbonyl (C=O) groups is 1. The van der Waals surface area contributed by atoms with Crippen LogP contribution in [-0.4, -0.2) is 37.5 Å². The lowest BCUT2D eigenvalue weighted by Crippen LogP contribution is -2.33. The first-order chi connectivity index (χ1) is 18.9. The topological polar surface area (TPSA) is 91.5 Å². The predicted octanol–water partition coefficient (Wildman–Crippen LogP) is 6.20. The van der Waals surface area contributed by atoms with Gasteiger partial charge >= 0.3 is 0 Å². The zero-order valence-electron chi connectivity index (χ0n) is 21.7. The number of fused-ring (bicyclic) bond motifs is 4. The fourth-order valence-corrected chi connectivity index (χ4v) is 7.34. The first-order valence-corrected chi connectivity index (χ1v) is 14.5. The third-order valence-electron chi connectivity index (χ3n) is 7.16. The number of aromatic nitrogens is 5. The van der Waals surface area contributed by atoms with E-state index in [1.807, 2.05) is 42.5 Å². The maximum atomic E-state index is 13.6. The van der Waals surface area contributed by atoms with Crippen molar-refractivity contribution in [1.29, 1.82) is 0 Å². The molecule has 3 aromatic heterocycles. The monoisotopic (exact) mass is 555 g/mol. The summed E-state index contributed by atoms with van der Waals surface area (Å²) in [5.41, 5.74) is 3.87. The van der Waals surface area contributed by atoms with Crippen molar-refractivity contribution in [3.63, 3.8) is 0 Å². The highest BCUT2D eigenvalue weighted by atomic mass is 32.2. The van der Waals surface area contributed by atoms with Crippen LogP contribution < -0.4 is 9.47 Å².